The first-order chi connectivity index (χ1) is 14.5. The average molecular weight is 413 g/mol. The van der Waals surface area contributed by atoms with E-state index in [1.165, 1.54) is 31.4 Å². The van der Waals surface area contributed by atoms with E-state index in [9.17, 15) is 4.79 Å². The molecule has 0 amide bonds. The van der Waals surface area contributed by atoms with Crippen molar-refractivity contribution in [2.45, 2.75) is 69.7 Å². The number of carboxylic acids is 1. The lowest BCUT2D eigenvalue weighted by atomic mass is 9.84. The summed E-state index contributed by atoms with van der Waals surface area (Å²) in [6, 6.07) is 4.39. The number of hydrogen-bond donors (Lipinski definition) is 2. The van der Waals surface area contributed by atoms with Gasteiger partial charge in [-0.2, -0.15) is 10.1 Å². The van der Waals surface area contributed by atoms with Crippen LogP contribution in [-0.2, 0) is 4.79 Å². The van der Waals surface area contributed by atoms with E-state index in [1.807, 2.05) is 25.1 Å². The number of rotatable bonds is 7. The lowest BCUT2D eigenvalue weighted by molar-refractivity contribution is -0.138. The molecule has 2 aromatic rings. The number of aromatic nitrogens is 4. The van der Waals surface area contributed by atoms with Crippen LogP contribution in [0.2, 0.25) is 0 Å². The molecule has 2 aliphatic rings. The van der Waals surface area contributed by atoms with Gasteiger partial charge >= 0.3 is 5.97 Å². The average Bonchev–Trinajstić information content (AvgIpc) is 3.45. The second-order valence-electron chi connectivity index (χ2n) is 8.82. The summed E-state index contributed by atoms with van der Waals surface area (Å²) in [4.78, 5) is 24.4. The highest BCUT2D eigenvalue weighted by Crippen LogP contribution is 2.35. The van der Waals surface area contributed by atoms with Crippen molar-refractivity contribution in [1.29, 1.82) is 0 Å². The van der Waals surface area contributed by atoms with Crippen molar-refractivity contribution in [2.75, 3.05) is 23.9 Å². The van der Waals surface area contributed by atoms with Gasteiger partial charge in [-0.15, -0.1) is 0 Å². The molecule has 2 saturated carbocycles. The number of aromatic amines is 1. The number of hydrogen-bond acceptors (Lipinski definition) is 6. The maximum absolute atomic E-state index is 11.0. The minimum atomic E-state index is -0.694. The van der Waals surface area contributed by atoms with Crippen molar-refractivity contribution >= 4 is 23.6 Å². The largest absolute Gasteiger partial charge is 0.481 e. The minimum Gasteiger partial charge on any atom is -0.481 e. The van der Waals surface area contributed by atoms with Gasteiger partial charge in [-0.05, 0) is 50.5 Å². The maximum Gasteiger partial charge on any atom is 0.303 e. The summed E-state index contributed by atoms with van der Waals surface area (Å²) in [5.41, 5.74) is 1.22. The molecule has 2 heterocycles. The van der Waals surface area contributed by atoms with Crippen molar-refractivity contribution in [3.63, 3.8) is 0 Å². The van der Waals surface area contributed by atoms with E-state index in [0.29, 0.717) is 23.8 Å². The van der Waals surface area contributed by atoms with Crippen LogP contribution in [0.25, 0.3) is 0 Å². The van der Waals surface area contributed by atoms with Crippen LogP contribution < -0.4 is 9.80 Å². The van der Waals surface area contributed by atoms with Gasteiger partial charge < -0.3 is 14.9 Å². The normalized spacial score (nSPS) is 22.2. The number of nitrogens with zero attached hydrogens (tertiary/aromatic N) is 5. The Kier molecular flexibility index (Phi) is 6.20. The molecule has 2 aliphatic carbocycles. The maximum atomic E-state index is 11.0. The molecular weight excluding hydrogens is 380 g/mol. The molecule has 8 heteroatoms. The second kappa shape index (κ2) is 9.02. The first kappa shape index (κ1) is 20.6. The monoisotopic (exact) mass is 412 g/mol. The quantitative estimate of drug-likeness (QED) is 0.706. The second-order valence-corrected chi connectivity index (χ2v) is 8.82. The Bertz CT molecular complexity index is 855. The summed E-state index contributed by atoms with van der Waals surface area (Å²) < 4.78 is 0. The Morgan fingerprint density at radius 2 is 1.87 bits per heavy atom. The first-order valence-electron chi connectivity index (χ1n) is 11.1. The fourth-order valence-electron chi connectivity index (χ4n) is 4.90. The topological polar surface area (TPSA) is 98.2 Å². The van der Waals surface area contributed by atoms with Crippen LogP contribution in [0.15, 0.2) is 18.3 Å². The van der Waals surface area contributed by atoms with E-state index in [2.05, 4.69) is 26.1 Å². The van der Waals surface area contributed by atoms with Gasteiger partial charge in [0.15, 0.2) is 5.82 Å². The molecule has 0 aromatic carbocycles. The molecule has 2 fully saturated rings. The molecule has 0 bridgehead atoms. The van der Waals surface area contributed by atoms with E-state index in [0.717, 1.165) is 37.3 Å². The zero-order chi connectivity index (χ0) is 21.1. The fourth-order valence-corrected chi connectivity index (χ4v) is 4.90. The Hall–Kier alpha value is -2.64. The molecule has 0 unspecified atom stereocenters. The van der Waals surface area contributed by atoms with Crippen molar-refractivity contribution in [1.82, 2.24) is 20.2 Å². The Morgan fingerprint density at radius 3 is 2.57 bits per heavy atom. The lowest BCUT2D eigenvalue weighted by Gasteiger charge is -2.34. The molecule has 0 aliphatic heterocycles. The van der Waals surface area contributed by atoms with Gasteiger partial charge in [-0.1, -0.05) is 12.8 Å². The summed E-state index contributed by atoms with van der Waals surface area (Å²) in [7, 11) is 4.02. The SMILES string of the molecule is CN(c1cc(C2CCCC2)[nH]n1)c1ccnc(N(C)C2CCC(CC(=O)O)CC2)n1. The smallest absolute Gasteiger partial charge is 0.303 e. The Balaban J connectivity index is 1.41. The summed E-state index contributed by atoms with van der Waals surface area (Å²) in [5.74, 6) is 2.59. The van der Waals surface area contributed by atoms with E-state index in [1.54, 1.807) is 6.20 Å². The molecule has 0 atom stereocenters. The molecule has 2 aromatic heterocycles. The van der Waals surface area contributed by atoms with Crippen LogP contribution in [0.5, 0.6) is 0 Å². The van der Waals surface area contributed by atoms with Crippen molar-refractivity contribution in [3.8, 4) is 0 Å². The number of H-pyrrole nitrogens is 1. The third-order valence-corrected chi connectivity index (χ3v) is 6.84. The van der Waals surface area contributed by atoms with Crippen LogP contribution in [0.4, 0.5) is 17.6 Å². The number of nitrogens with one attached hydrogen (secondary N) is 1. The highest BCUT2D eigenvalue weighted by molar-refractivity contribution is 5.67. The van der Waals surface area contributed by atoms with Gasteiger partial charge in [0.05, 0.1) is 0 Å². The van der Waals surface area contributed by atoms with E-state index >= 15 is 0 Å². The third kappa shape index (κ3) is 4.57. The predicted molar refractivity (Wildman–Crippen MR) is 116 cm³/mol. The fraction of sp³-hybridized carbons (Fsp3) is 0.636. The van der Waals surface area contributed by atoms with E-state index in [4.69, 9.17) is 10.1 Å². The zero-order valence-electron chi connectivity index (χ0n) is 17.9. The lowest BCUT2D eigenvalue weighted by Crippen LogP contribution is -2.36. The van der Waals surface area contributed by atoms with E-state index < -0.39 is 5.97 Å². The van der Waals surface area contributed by atoms with Crippen LogP contribution in [0.3, 0.4) is 0 Å². The van der Waals surface area contributed by atoms with Gasteiger partial charge in [0, 0.05) is 50.4 Å². The third-order valence-electron chi connectivity index (χ3n) is 6.84. The predicted octanol–water partition coefficient (Wildman–Crippen LogP) is 4.09. The standard InChI is InChI=1S/C22H32N6O2/c1-27(17-9-7-15(8-10-17)13-21(29)30)22-23-12-11-19(24-22)28(2)20-14-18(25-26-20)16-5-3-4-6-16/h11-12,14-17H,3-10,13H2,1-2H3,(H,25,26)(H,29,30). The molecular formula is C22H32N6O2. The summed E-state index contributed by atoms with van der Waals surface area (Å²) in [6.07, 6.45) is 11.0. The number of carboxylic acid groups (broad SMARTS) is 1. The zero-order valence-corrected chi connectivity index (χ0v) is 17.9. The molecule has 4 rings (SSSR count). The van der Waals surface area contributed by atoms with Crippen molar-refractivity contribution < 1.29 is 9.90 Å². The first-order valence-corrected chi connectivity index (χ1v) is 11.1. The molecule has 8 nitrogen and oxygen atoms in total. The molecule has 162 valence electrons. The Labute approximate surface area is 177 Å². The van der Waals surface area contributed by atoms with Gasteiger partial charge in [-0.25, -0.2) is 4.98 Å². The van der Waals surface area contributed by atoms with Gasteiger partial charge in [0.1, 0.15) is 5.82 Å². The van der Waals surface area contributed by atoms with Crippen molar-refractivity contribution in [2.24, 2.45) is 5.92 Å². The van der Waals surface area contributed by atoms with Crippen LogP contribution in [0.1, 0.15) is 69.4 Å². The van der Waals surface area contributed by atoms with Gasteiger partial charge in [0.25, 0.3) is 0 Å². The molecule has 2 N–H and O–H groups in total. The Morgan fingerprint density at radius 1 is 1.13 bits per heavy atom. The highest BCUT2D eigenvalue weighted by Gasteiger charge is 2.27. The van der Waals surface area contributed by atoms with Crippen LogP contribution in [0, 0.1) is 5.92 Å². The van der Waals surface area contributed by atoms with Crippen LogP contribution in [-0.4, -0.2) is 51.4 Å². The number of aliphatic carboxylic acids is 1. The molecule has 30 heavy (non-hydrogen) atoms. The summed E-state index contributed by atoms with van der Waals surface area (Å²) in [5, 5.41) is 16.7. The van der Waals surface area contributed by atoms with Crippen LogP contribution >= 0.6 is 0 Å². The molecule has 0 spiro atoms. The number of anilines is 3. The molecule has 0 saturated heterocycles. The minimum absolute atomic E-state index is 0.278. The summed E-state index contributed by atoms with van der Waals surface area (Å²) in [6.45, 7) is 0. The van der Waals surface area contributed by atoms with Gasteiger partial charge in [-0.3, -0.25) is 9.89 Å². The highest BCUT2D eigenvalue weighted by atomic mass is 16.4. The van der Waals surface area contributed by atoms with Crippen molar-refractivity contribution in [3.05, 3.63) is 24.0 Å². The number of carbonyl (C=O) groups is 1. The van der Waals surface area contributed by atoms with E-state index in [-0.39, 0.29) is 6.42 Å². The summed E-state index contributed by atoms with van der Waals surface area (Å²) >= 11 is 0. The molecule has 0 radical (unpaired) electrons. The van der Waals surface area contributed by atoms with Gasteiger partial charge in [0.2, 0.25) is 5.95 Å².